The number of piperidine rings is 1. The maximum atomic E-state index is 12.3. The van der Waals surface area contributed by atoms with Crippen molar-refractivity contribution < 1.29 is 4.79 Å². The molecule has 1 saturated heterocycles. The molecular formula is C14H22N4O3. The Balaban J connectivity index is 2.16. The van der Waals surface area contributed by atoms with Crippen molar-refractivity contribution in [2.75, 3.05) is 13.6 Å². The lowest BCUT2D eigenvalue weighted by molar-refractivity contribution is -0.133. The van der Waals surface area contributed by atoms with Crippen molar-refractivity contribution in [1.29, 1.82) is 0 Å². The Morgan fingerprint density at radius 3 is 2.71 bits per heavy atom. The fraction of sp³-hybridized carbons (Fsp3) is 0.643. The zero-order valence-electron chi connectivity index (χ0n) is 12.8. The second kappa shape index (κ2) is 6.26. The molecule has 2 heterocycles. The van der Waals surface area contributed by atoms with Crippen LogP contribution >= 0.6 is 0 Å². The van der Waals surface area contributed by atoms with Crippen LogP contribution < -0.4 is 16.6 Å². The van der Waals surface area contributed by atoms with Gasteiger partial charge in [0.25, 0.3) is 5.56 Å². The summed E-state index contributed by atoms with van der Waals surface area (Å²) in [6.45, 7) is 1.06. The Hall–Kier alpha value is -1.89. The third-order valence-electron chi connectivity index (χ3n) is 3.91. The lowest BCUT2D eigenvalue weighted by atomic mass is 10.0. The first-order valence-electron chi connectivity index (χ1n) is 7.15. The molecule has 0 bridgehead atoms. The van der Waals surface area contributed by atoms with Crippen LogP contribution in [0.4, 0.5) is 0 Å². The van der Waals surface area contributed by atoms with E-state index in [0.29, 0.717) is 5.56 Å². The number of nitrogens with one attached hydrogen (secondary N) is 1. The van der Waals surface area contributed by atoms with Crippen molar-refractivity contribution in [2.24, 2.45) is 14.1 Å². The summed E-state index contributed by atoms with van der Waals surface area (Å²) >= 11 is 0. The van der Waals surface area contributed by atoms with Gasteiger partial charge >= 0.3 is 5.69 Å². The molecule has 2 rings (SSSR count). The van der Waals surface area contributed by atoms with Crippen molar-refractivity contribution in [1.82, 2.24) is 19.4 Å². The van der Waals surface area contributed by atoms with Gasteiger partial charge in [0.05, 0.1) is 18.2 Å². The van der Waals surface area contributed by atoms with E-state index >= 15 is 0 Å². The molecule has 1 atom stereocenters. The number of aromatic nitrogens is 2. The van der Waals surface area contributed by atoms with Gasteiger partial charge in [0.1, 0.15) is 0 Å². The minimum absolute atomic E-state index is 0.00870. The van der Waals surface area contributed by atoms with Crippen molar-refractivity contribution in [3.05, 3.63) is 32.6 Å². The third-order valence-corrected chi connectivity index (χ3v) is 3.91. The Morgan fingerprint density at radius 1 is 1.38 bits per heavy atom. The van der Waals surface area contributed by atoms with E-state index in [1.165, 1.54) is 17.8 Å². The quantitative estimate of drug-likeness (QED) is 0.790. The van der Waals surface area contributed by atoms with E-state index in [1.54, 1.807) is 19.0 Å². The Kier molecular flexibility index (Phi) is 4.62. The highest BCUT2D eigenvalue weighted by Crippen LogP contribution is 2.10. The molecule has 0 aromatic carbocycles. The first kappa shape index (κ1) is 15.5. The van der Waals surface area contributed by atoms with Crippen LogP contribution in [0.15, 0.2) is 15.8 Å². The maximum Gasteiger partial charge on any atom is 0.330 e. The van der Waals surface area contributed by atoms with Gasteiger partial charge in [0.15, 0.2) is 0 Å². The number of hydrogen-bond donors (Lipinski definition) is 1. The summed E-state index contributed by atoms with van der Waals surface area (Å²) in [6.07, 6.45) is 4.46. The average Bonchev–Trinajstić information content (AvgIpc) is 2.50. The number of nitrogens with zero attached hydrogens (tertiary/aromatic N) is 3. The molecule has 1 aromatic heterocycles. The second-order valence-electron chi connectivity index (χ2n) is 5.61. The van der Waals surface area contributed by atoms with E-state index in [-0.39, 0.29) is 29.7 Å². The van der Waals surface area contributed by atoms with E-state index in [1.807, 2.05) is 0 Å². The van der Waals surface area contributed by atoms with Crippen LogP contribution in [0, 0.1) is 0 Å². The van der Waals surface area contributed by atoms with Crippen LogP contribution in [-0.2, 0) is 25.4 Å². The first-order chi connectivity index (χ1) is 9.91. The van der Waals surface area contributed by atoms with Crippen LogP contribution in [-0.4, -0.2) is 39.6 Å². The molecule has 21 heavy (non-hydrogen) atoms. The summed E-state index contributed by atoms with van der Waals surface area (Å²) < 4.78 is 2.42. The van der Waals surface area contributed by atoms with Gasteiger partial charge in [-0.3, -0.25) is 14.2 Å². The summed E-state index contributed by atoms with van der Waals surface area (Å²) in [5.74, 6) is -0.00870. The molecular weight excluding hydrogens is 272 g/mol. The number of carbonyl (C=O) groups is 1. The Morgan fingerprint density at radius 2 is 2.10 bits per heavy atom. The molecule has 1 aliphatic rings. The molecule has 0 spiro atoms. The molecule has 1 amide bonds. The van der Waals surface area contributed by atoms with Crippen LogP contribution in [0.5, 0.6) is 0 Å². The van der Waals surface area contributed by atoms with Crippen LogP contribution in [0.2, 0.25) is 0 Å². The number of amides is 1. The molecule has 1 fully saturated rings. The number of hydrogen-bond acceptors (Lipinski definition) is 4. The van der Waals surface area contributed by atoms with Crippen LogP contribution in [0.3, 0.4) is 0 Å². The van der Waals surface area contributed by atoms with E-state index < -0.39 is 0 Å². The Labute approximate surface area is 123 Å². The predicted molar refractivity (Wildman–Crippen MR) is 79.0 cm³/mol. The molecule has 0 saturated carbocycles. The summed E-state index contributed by atoms with van der Waals surface area (Å²) in [7, 11) is 4.72. The first-order valence-corrected chi connectivity index (χ1v) is 7.15. The lowest BCUT2D eigenvalue weighted by Crippen LogP contribution is -2.48. The van der Waals surface area contributed by atoms with Crippen LogP contribution in [0.25, 0.3) is 0 Å². The number of aryl methyl sites for hydroxylation is 1. The standard InChI is InChI=1S/C14H22N4O3/c1-16(13(20)11-6-4-5-7-15-11)8-10-9-17(2)14(21)18(3)12(10)19/h9,11,15H,4-8H2,1-3H3/t11-/m1/s1. The minimum atomic E-state index is -0.369. The molecule has 7 heteroatoms. The maximum absolute atomic E-state index is 12.3. The smallest absolute Gasteiger partial charge is 0.330 e. The zero-order valence-corrected chi connectivity index (χ0v) is 12.8. The van der Waals surface area contributed by atoms with E-state index in [0.717, 1.165) is 30.4 Å². The highest BCUT2D eigenvalue weighted by Gasteiger charge is 2.24. The number of rotatable bonds is 3. The van der Waals surface area contributed by atoms with Gasteiger partial charge < -0.3 is 14.8 Å². The van der Waals surface area contributed by atoms with Gasteiger partial charge in [-0.25, -0.2) is 4.79 Å². The monoisotopic (exact) mass is 294 g/mol. The topological polar surface area (TPSA) is 76.3 Å². The highest BCUT2D eigenvalue weighted by atomic mass is 16.2. The molecule has 7 nitrogen and oxygen atoms in total. The predicted octanol–water partition coefficient (Wildman–Crippen LogP) is -0.815. The van der Waals surface area contributed by atoms with Crippen molar-refractivity contribution in [3.8, 4) is 0 Å². The molecule has 0 unspecified atom stereocenters. The number of carbonyl (C=O) groups excluding carboxylic acids is 1. The van der Waals surface area contributed by atoms with Crippen LogP contribution in [0.1, 0.15) is 24.8 Å². The van der Waals surface area contributed by atoms with E-state index in [9.17, 15) is 14.4 Å². The fourth-order valence-electron chi connectivity index (χ4n) is 2.65. The Bertz CT molecular complexity index is 641. The SMILES string of the molecule is CN(Cc1cn(C)c(=O)n(C)c1=O)C(=O)[C@H]1CCCCN1. The van der Waals surface area contributed by atoms with Crippen molar-refractivity contribution in [3.63, 3.8) is 0 Å². The van der Waals surface area contributed by atoms with E-state index in [2.05, 4.69) is 5.32 Å². The minimum Gasteiger partial charge on any atom is -0.340 e. The molecule has 1 aromatic rings. The second-order valence-corrected chi connectivity index (χ2v) is 5.61. The van der Waals surface area contributed by atoms with Gasteiger partial charge in [-0.2, -0.15) is 0 Å². The molecule has 1 N–H and O–H groups in total. The average molecular weight is 294 g/mol. The third kappa shape index (κ3) is 3.24. The largest absolute Gasteiger partial charge is 0.340 e. The molecule has 1 aliphatic heterocycles. The summed E-state index contributed by atoms with van der Waals surface area (Å²) in [5, 5.41) is 3.20. The zero-order chi connectivity index (χ0) is 15.6. The fourth-order valence-corrected chi connectivity index (χ4v) is 2.65. The van der Waals surface area contributed by atoms with E-state index in [4.69, 9.17) is 0 Å². The van der Waals surface area contributed by atoms with Gasteiger partial charge in [-0.05, 0) is 19.4 Å². The summed E-state index contributed by atoms with van der Waals surface area (Å²) in [5.41, 5.74) is -0.285. The molecule has 116 valence electrons. The van der Waals surface area contributed by atoms with Gasteiger partial charge in [-0.15, -0.1) is 0 Å². The molecule has 0 aliphatic carbocycles. The van der Waals surface area contributed by atoms with Crippen molar-refractivity contribution >= 4 is 5.91 Å². The normalized spacial score (nSPS) is 18.5. The highest BCUT2D eigenvalue weighted by molar-refractivity contribution is 5.81. The van der Waals surface area contributed by atoms with Gasteiger partial charge in [0, 0.05) is 27.3 Å². The van der Waals surface area contributed by atoms with Crippen molar-refractivity contribution in [2.45, 2.75) is 31.8 Å². The summed E-state index contributed by atoms with van der Waals surface area (Å²) in [4.78, 5) is 37.6. The van der Waals surface area contributed by atoms with Gasteiger partial charge in [0.2, 0.25) is 5.91 Å². The van der Waals surface area contributed by atoms with Gasteiger partial charge in [-0.1, -0.05) is 6.42 Å². The lowest BCUT2D eigenvalue weighted by Gasteiger charge is -2.27. The number of likely N-dealkylation sites (N-methyl/N-ethyl adjacent to an activating group) is 1. The molecule has 0 radical (unpaired) electrons. The summed E-state index contributed by atoms with van der Waals surface area (Å²) in [6, 6.07) is -0.167.